The second kappa shape index (κ2) is 5.10. The molecule has 0 saturated carbocycles. The summed E-state index contributed by atoms with van der Waals surface area (Å²) in [4.78, 5) is 0. The fourth-order valence-corrected chi connectivity index (χ4v) is 2.14. The molecule has 0 bridgehead atoms. The van der Waals surface area contributed by atoms with E-state index >= 15 is 0 Å². The quantitative estimate of drug-likeness (QED) is 0.686. The van der Waals surface area contributed by atoms with E-state index in [9.17, 15) is 0 Å². The van der Waals surface area contributed by atoms with E-state index < -0.39 is 0 Å². The molecule has 1 heterocycles. The van der Waals surface area contributed by atoms with Gasteiger partial charge in [0.2, 0.25) is 11.8 Å². The summed E-state index contributed by atoms with van der Waals surface area (Å²) in [5.74, 6) is 0.990. The molecule has 20 heavy (non-hydrogen) atoms. The van der Waals surface area contributed by atoms with E-state index in [1.165, 1.54) is 11.1 Å². The zero-order valence-electron chi connectivity index (χ0n) is 11.2. The average Bonchev–Trinajstić information content (AvgIpc) is 2.92. The van der Waals surface area contributed by atoms with Crippen LogP contribution in [0.1, 0.15) is 11.1 Å². The van der Waals surface area contributed by atoms with Gasteiger partial charge in [0.15, 0.2) is 0 Å². The topological polar surface area (TPSA) is 38.9 Å². The van der Waals surface area contributed by atoms with Crippen molar-refractivity contribution in [2.75, 3.05) is 0 Å². The number of aryl methyl sites for hydroxylation is 2. The SMILES string of the molecule is Cc1ccc(-c2nnc(-c3cccc(Cl)c3)o2)cc1C. The van der Waals surface area contributed by atoms with Crippen molar-refractivity contribution in [3.05, 3.63) is 58.6 Å². The van der Waals surface area contributed by atoms with E-state index in [1.807, 2.05) is 36.4 Å². The molecule has 0 unspecified atom stereocenters. The highest BCUT2D eigenvalue weighted by molar-refractivity contribution is 6.30. The van der Waals surface area contributed by atoms with Gasteiger partial charge in [0.05, 0.1) is 0 Å². The van der Waals surface area contributed by atoms with Crippen molar-refractivity contribution < 1.29 is 4.42 Å². The zero-order chi connectivity index (χ0) is 14.1. The van der Waals surface area contributed by atoms with Crippen LogP contribution in [0.5, 0.6) is 0 Å². The fraction of sp³-hybridized carbons (Fsp3) is 0.125. The molecule has 0 amide bonds. The summed E-state index contributed by atoms with van der Waals surface area (Å²) >= 11 is 5.97. The van der Waals surface area contributed by atoms with Gasteiger partial charge >= 0.3 is 0 Å². The van der Waals surface area contributed by atoms with E-state index in [4.69, 9.17) is 16.0 Å². The molecule has 0 radical (unpaired) electrons. The molecule has 0 saturated heterocycles. The molecule has 2 aromatic carbocycles. The van der Waals surface area contributed by atoms with Crippen LogP contribution in [0.15, 0.2) is 46.9 Å². The number of benzene rings is 2. The Labute approximate surface area is 122 Å². The van der Waals surface area contributed by atoms with Gasteiger partial charge in [-0.1, -0.05) is 23.7 Å². The zero-order valence-corrected chi connectivity index (χ0v) is 12.0. The molecular formula is C16H13ClN2O. The van der Waals surface area contributed by atoms with Crippen LogP contribution < -0.4 is 0 Å². The monoisotopic (exact) mass is 284 g/mol. The summed E-state index contributed by atoms with van der Waals surface area (Å²) < 4.78 is 5.72. The van der Waals surface area contributed by atoms with E-state index in [1.54, 1.807) is 6.07 Å². The molecular weight excluding hydrogens is 272 g/mol. The van der Waals surface area contributed by atoms with Crippen molar-refractivity contribution in [2.24, 2.45) is 0 Å². The van der Waals surface area contributed by atoms with Gasteiger partial charge in [-0.3, -0.25) is 0 Å². The standard InChI is InChI=1S/C16H13ClN2O/c1-10-6-7-13(8-11(10)2)16-19-18-15(20-16)12-4-3-5-14(17)9-12/h3-9H,1-2H3. The van der Waals surface area contributed by atoms with Gasteiger partial charge in [0, 0.05) is 16.1 Å². The number of hydrogen-bond donors (Lipinski definition) is 0. The predicted octanol–water partition coefficient (Wildman–Crippen LogP) is 4.67. The summed E-state index contributed by atoms with van der Waals surface area (Å²) in [6, 6.07) is 13.4. The number of aromatic nitrogens is 2. The number of hydrogen-bond acceptors (Lipinski definition) is 3. The van der Waals surface area contributed by atoms with Gasteiger partial charge in [-0.25, -0.2) is 0 Å². The first-order valence-corrected chi connectivity index (χ1v) is 6.68. The van der Waals surface area contributed by atoms with E-state index in [-0.39, 0.29) is 0 Å². The smallest absolute Gasteiger partial charge is 0.248 e. The van der Waals surface area contributed by atoms with Gasteiger partial charge in [-0.15, -0.1) is 10.2 Å². The van der Waals surface area contributed by atoms with Gasteiger partial charge in [-0.2, -0.15) is 0 Å². The third kappa shape index (κ3) is 2.45. The first kappa shape index (κ1) is 12.9. The predicted molar refractivity (Wildman–Crippen MR) is 79.7 cm³/mol. The van der Waals surface area contributed by atoms with E-state index in [0.29, 0.717) is 16.8 Å². The Hall–Kier alpha value is -2.13. The van der Waals surface area contributed by atoms with Crippen LogP contribution in [0.3, 0.4) is 0 Å². The molecule has 0 atom stereocenters. The lowest BCUT2D eigenvalue weighted by atomic mass is 10.1. The van der Waals surface area contributed by atoms with Crippen molar-refractivity contribution in [3.8, 4) is 22.9 Å². The van der Waals surface area contributed by atoms with Gasteiger partial charge in [0.25, 0.3) is 0 Å². The normalized spacial score (nSPS) is 10.8. The Balaban J connectivity index is 1.99. The summed E-state index contributed by atoms with van der Waals surface area (Å²) in [5.41, 5.74) is 4.18. The molecule has 4 heteroatoms. The van der Waals surface area contributed by atoms with Crippen LogP contribution in [-0.2, 0) is 0 Å². The molecule has 0 aliphatic heterocycles. The van der Waals surface area contributed by atoms with Crippen molar-refractivity contribution in [3.63, 3.8) is 0 Å². The lowest BCUT2D eigenvalue weighted by Crippen LogP contribution is -1.83. The highest BCUT2D eigenvalue weighted by Crippen LogP contribution is 2.26. The Bertz CT molecular complexity index is 765. The minimum Gasteiger partial charge on any atom is -0.416 e. The highest BCUT2D eigenvalue weighted by Gasteiger charge is 2.11. The van der Waals surface area contributed by atoms with Crippen molar-refractivity contribution in [2.45, 2.75) is 13.8 Å². The largest absolute Gasteiger partial charge is 0.416 e. The lowest BCUT2D eigenvalue weighted by molar-refractivity contribution is 0.584. The molecule has 3 rings (SSSR count). The van der Waals surface area contributed by atoms with Crippen LogP contribution in [0.4, 0.5) is 0 Å². The van der Waals surface area contributed by atoms with Crippen LogP contribution in [0, 0.1) is 13.8 Å². The molecule has 0 fully saturated rings. The maximum Gasteiger partial charge on any atom is 0.248 e. The maximum absolute atomic E-state index is 5.97. The molecule has 0 spiro atoms. The van der Waals surface area contributed by atoms with Crippen LogP contribution in [0.2, 0.25) is 5.02 Å². The minimum atomic E-state index is 0.473. The van der Waals surface area contributed by atoms with E-state index in [0.717, 1.165) is 11.1 Å². The molecule has 100 valence electrons. The Morgan fingerprint density at radius 2 is 1.55 bits per heavy atom. The number of nitrogens with zero attached hydrogens (tertiary/aromatic N) is 2. The Morgan fingerprint density at radius 1 is 0.850 bits per heavy atom. The van der Waals surface area contributed by atoms with Gasteiger partial charge in [0.1, 0.15) is 0 Å². The summed E-state index contributed by atoms with van der Waals surface area (Å²) in [6.07, 6.45) is 0. The summed E-state index contributed by atoms with van der Waals surface area (Å²) in [5, 5.41) is 8.83. The van der Waals surface area contributed by atoms with Crippen LogP contribution >= 0.6 is 11.6 Å². The summed E-state index contributed by atoms with van der Waals surface area (Å²) in [7, 11) is 0. The highest BCUT2D eigenvalue weighted by atomic mass is 35.5. The fourth-order valence-electron chi connectivity index (χ4n) is 1.95. The van der Waals surface area contributed by atoms with E-state index in [2.05, 4.69) is 24.0 Å². The molecule has 0 aliphatic rings. The second-order valence-corrected chi connectivity index (χ2v) is 5.16. The molecule has 3 aromatic rings. The maximum atomic E-state index is 5.97. The molecule has 0 aliphatic carbocycles. The summed E-state index contributed by atoms with van der Waals surface area (Å²) in [6.45, 7) is 4.14. The minimum absolute atomic E-state index is 0.473. The molecule has 1 aromatic heterocycles. The van der Waals surface area contributed by atoms with Crippen molar-refractivity contribution >= 4 is 11.6 Å². The Kier molecular flexibility index (Phi) is 3.28. The second-order valence-electron chi connectivity index (χ2n) is 4.72. The number of halogens is 1. The van der Waals surface area contributed by atoms with Crippen LogP contribution in [0.25, 0.3) is 22.9 Å². The average molecular weight is 285 g/mol. The third-order valence-electron chi connectivity index (χ3n) is 3.25. The molecule has 3 nitrogen and oxygen atoms in total. The third-order valence-corrected chi connectivity index (χ3v) is 3.49. The van der Waals surface area contributed by atoms with Gasteiger partial charge in [-0.05, 0) is 55.3 Å². The van der Waals surface area contributed by atoms with Crippen molar-refractivity contribution in [1.29, 1.82) is 0 Å². The van der Waals surface area contributed by atoms with Crippen LogP contribution in [-0.4, -0.2) is 10.2 Å². The first-order chi connectivity index (χ1) is 9.63. The lowest BCUT2D eigenvalue weighted by Gasteiger charge is -2.01. The molecule has 0 N–H and O–H groups in total. The Morgan fingerprint density at radius 3 is 2.20 bits per heavy atom. The van der Waals surface area contributed by atoms with Gasteiger partial charge < -0.3 is 4.42 Å². The first-order valence-electron chi connectivity index (χ1n) is 6.30. The number of rotatable bonds is 2. The van der Waals surface area contributed by atoms with Crippen molar-refractivity contribution in [1.82, 2.24) is 10.2 Å².